The second-order valence-corrected chi connectivity index (χ2v) is 5.38. The molecule has 0 atom stereocenters. The monoisotopic (exact) mass is 328 g/mol. The molecule has 0 bridgehead atoms. The van der Waals surface area contributed by atoms with Gasteiger partial charge in [-0.05, 0) is 24.3 Å². The summed E-state index contributed by atoms with van der Waals surface area (Å²) in [4.78, 5) is 8.72. The number of benzene rings is 2. The van der Waals surface area contributed by atoms with Crippen molar-refractivity contribution in [1.29, 1.82) is 0 Å². The van der Waals surface area contributed by atoms with Crippen LogP contribution in [0.5, 0.6) is 0 Å². The number of alkyl halides is 3. The van der Waals surface area contributed by atoms with Gasteiger partial charge >= 0.3 is 6.18 Å². The molecule has 24 heavy (non-hydrogen) atoms. The smallest absolute Gasteiger partial charge is 0.381 e. The number of nitrogens with two attached hydrogens (primary N) is 1. The van der Waals surface area contributed by atoms with Crippen LogP contribution in [-0.4, -0.2) is 14.4 Å². The Morgan fingerprint density at radius 3 is 2.33 bits per heavy atom. The molecule has 2 aromatic heterocycles. The predicted molar refractivity (Wildman–Crippen MR) is 85.3 cm³/mol. The fourth-order valence-electron chi connectivity index (χ4n) is 2.66. The Morgan fingerprint density at radius 2 is 1.62 bits per heavy atom. The highest BCUT2D eigenvalue weighted by molar-refractivity contribution is 5.83. The Morgan fingerprint density at radius 1 is 0.917 bits per heavy atom. The topological polar surface area (TPSA) is 56.2 Å². The zero-order valence-electron chi connectivity index (χ0n) is 12.2. The maximum atomic E-state index is 12.7. The van der Waals surface area contributed by atoms with Crippen LogP contribution in [0.25, 0.3) is 27.9 Å². The second kappa shape index (κ2) is 4.95. The first-order valence-electron chi connectivity index (χ1n) is 7.14. The van der Waals surface area contributed by atoms with Gasteiger partial charge in [0, 0.05) is 11.8 Å². The predicted octanol–water partition coefficient (Wildman–Crippen LogP) is 4.15. The zero-order chi connectivity index (χ0) is 16.9. The summed E-state index contributed by atoms with van der Waals surface area (Å²) < 4.78 is 39.8. The van der Waals surface area contributed by atoms with E-state index in [9.17, 15) is 13.2 Å². The molecule has 0 aliphatic rings. The van der Waals surface area contributed by atoms with Crippen LogP contribution < -0.4 is 5.73 Å². The maximum absolute atomic E-state index is 12.7. The molecule has 0 aliphatic carbocycles. The Hall–Kier alpha value is -3.09. The van der Waals surface area contributed by atoms with Crippen LogP contribution in [0.3, 0.4) is 0 Å². The van der Waals surface area contributed by atoms with Crippen LogP contribution >= 0.6 is 0 Å². The number of para-hydroxylation sites is 2. The SMILES string of the molecule is Nc1nc2ccccc2n2cc(-c3ccc(C(F)(F)F)cc3)nc12. The number of hydrogen-bond acceptors (Lipinski definition) is 3. The van der Waals surface area contributed by atoms with Crippen molar-refractivity contribution in [3.8, 4) is 11.3 Å². The van der Waals surface area contributed by atoms with Gasteiger partial charge in [0.05, 0.1) is 22.3 Å². The first-order valence-corrected chi connectivity index (χ1v) is 7.14. The largest absolute Gasteiger partial charge is 0.416 e. The summed E-state index contributed by atoms with van der Waals surface area (Å²) >= 11 is 0. The van der Waals surface area contributed by atoms with Crippen molar-refractivity contribution in [3.05, 3.63) is 60.3 Å². The van der Waals surface area contributed by atoms with Crippen molar-refractivity contribution >= 4 is 22.5 Å². The number of nitrogen functional groups attached to an aromatic ring is 1. The van der Waals surface area contributed by atoms with E-state index in [1.807, 2.05) is 24.3 Å². The molecule has 2 heterocycles. The normalized spacial score (nSPS) is 12.1. The highest BCUT2D eigenvalue weighted by atomic mass is 19.4. The lowest BCUT2D eigenvalue weighted by atomic mass is 10.1. The fraction of sp³-hybridized carbons (Fsp3) is 0.0588. The summed E-state index contributed by atoms with van der Waals surface area (Å²) in [6, 6.07) is 12.3. The van der Waals surface area contributed by atoms with Crippen molar-refractivity contribution in [3.63, 3.8) is 0 Å². The van der Waals surface area contributed by atoms with Gasteiger partial charge in [-0.25, -0.2) is 9.97 Å². The molecule has 0 amide bonds. The first-order chi connectivity index (χ1) is 11.4. The summed E-state index contributed by atoms with van der Waals surface area (Å²) in [5.41, 5.74) is 8.40. The third kappa shape index (κ3) is 2.25. The Labute approximate surface area is 134 Å². The van der Waals surface area contributed by atoms with E-state index in [-0.39, 0.29) is 5.82 Å². The highest BCUT2D eigenvalue weighted by Gasteiger charge is 2.30. The Bertz CT molecular complexity index is 1050. The summed E-state index contributed by atoms with van der Waals surface area (Å²) in [6.45, 7) is 0. The van der Waals surface area contributed by atoms with Crippen LogP contribution in [0, 0.1) is 0 Å². The summed E-state index contributed by atoms with van der Waals surface area (Å²) in [5, 5.41) is 0. The number of rotatable bonds is 1. The Kier molecular flexibility index (Phi) is 2.99. The summed E-state index contributed by atoms with van der Waals surface area (Å²) in [5.74, 6) is 0.270. The van der Waals surface area contributed by atoms with Gasteiger partial charge in [0.1, 0.15) is 0 Å². The van der Waals surface area contributed by atoms with Gasteiger partial charge in [-0.2, -0.15) is 13.2 Å². The van der Waals surface area contributed by atoms with E-state index in [0.717, 1.165) is 23.2 Å². The number of fused-ring (bicyclic) bond motifs is 3. The minimum atomic E-state index is -4.36. The van der Waals surface area contributed by atoms with E-state index in [1.165, 1.54) is 12.1 Å². The minimum absolute atomic E-state index is 0.270. The van der Waals surface area contributed by atoms with Gasteiger partial charge in [-0.3, -0.25) is 4.40 Å². The maximum Gasteiger partial charge on any atom is 0.416 e. The van der Waals surface area contributed by atoms with Crippen LogP contribution in [0.1, 0.15) is 5.56 Å². The van der Waals surface area contributed by atoms with Gasteiger partial charge in [0.2, 0.25) is 0 Å². The second-order valence-electron chi connectivity index (χ2n) is 5.38. The number of halogens is 3. The van der Waals surface area contributed by atoms with E-state index >= 15 is 0 Å². The molecule has 4 nitrogen and oxygen atoms in total. The van der Waals surface area contributed by atoms with Gasteiger partial charge in [0.15, 0.2) is 11.5 Å². The van der Waals surface area contributed by atoms with Gasteiger partial charge in [-0.15, -0.1) is 0 Å². The van der Waals surface area contributed by atoms with E-state index in [1.54, 1.807) is 10.6 Å². The molecule has 0 aliphatic heterocycles. The fourth-order valence-corrected chi connectivity index (χ4v) is 2.66. The van der Waals surface area contributed by atoms with E-state index in [2.05, 4.69) is 9.97 Å². The third-order valence-corrected chi connectivity index (χ3v) is 3.83. The molecule has 0 spiro atoms. The number of aromatic nitrogens is 3. The van der Waals surface area contributed by atoms with Crippen molar-refractivity contribution < 1.29 is 13.2 Å². The molecular weight excluding hydrogens is 317 g/mol. The Balaban J connectivity index is 1.89. The quantitative estimate of drug-likeness (QED) is 0.571. The van der Waals surface area contributed by atoms with E-state index in [0.29, 0.717) is 16.9 Å². The molecule has 0 fully saturated rings. The number of nitrogens with zero attached hydrogens (tertiary/aromatic N) is 3. The van der Waals surface area contributed by atoms with Crippen LogP contribution in [0.4, 0.5) is 19.0 Å². The van der Waals surface area contributed by atoms with Crippen LogP contribution in [0.15, 0.2) is 54.7 Å². The molecule has 4 rings (SSSR count). The van der Waals surface area contributed by atoms with Crippen LogP contribution in [0.2, 0.25) is 0 Å². The standard InChI is InChI=1S/C17H11F3N4/c18-17(19,20)11-7-5-10(6-8-11)13-9-24-14-4-2-1-3-12(14)22-15(21)16(24)23-13/h1-9H,(H2,21,22). The average molecular weight is 328 g/mol. The molecule has 120 valence electrons. The zero-order valence-corrected chi connectivity index (χ0v) is 12.2. The summed E-state index contributed by atoms with van der Waals surface area (Å²) in [6.07, 6.45) is -2.61. The molecule has 2 aromatic carbocycles. The van der Waals surface area contributed by atoms with Crippen molar-refractivity contribution in [2.45, 2.75) is 6.18 Å². The molecule has 0 unspecified atom stereocenters. The molecule has 4 aromatic rings. The van der Waals surface area contributed by atoms with E-state index in [4.69, 9.17) is 5.73 Å². The van der Waals surface area contributed by atoms with Gasteiger partial charge in [0.25, 0.3) is 0 Å². The molecule has 0 saturated carbocycles. The van der Waals surface area contributed by atoms with Crippen molar-refractivity contribution in [2.24, 2.45) is 0 Å². The minimum Gasteiger partial charge on any atom is -0.381 e. The lowest BCUT2D eigenvalue weighted by Gasteiger charge is -2.06. The average Bonchev–Trinajstić information content (AvgIpc) is 3.00. The van der Waals surface area contributed by atoms with Gasteiger partial charge < -0.3 is 5.73 Å². The first kappa shape index (κ1) is 14.5. The lowest BCUT2D eigenvalue weighted by Crippen LogP contribution is -2.03. The summed E-state index contributed by atoms with van der Waals surface area (Å²) in [7, 11) is 0. The van der Waals surface area contributed by atoms with E-state index < -0.39 is 11.7 Å². The van der Waals surface area contributed by atoms with Crippen LogP contribution in [-0.2, 0) is 6.18 Å². The van der Waals surface area contributed by atoms with Crippen molar-refractivity contribution in [2.75, 3.05) is 5.73 Å². The number of anilines is 1. The molecule has 0 saturated heterocycles. The molecule has 7 heteroatoms. The highest BCUT2D eigenvalue weighted by Crippen LogP contribution is 2.31. The molecule has 0 radical (unpaired) electrons. The molecule has 2 N–H and O–H groups in total. The molecular formula is C17H11F3N4. The van der Waals surface area contributed by atoms with Crippen molar-refractivity contribution in [1.82, 2.24) is 14.4 Å². The number of imidazole rings is 1. The lowest BCUT2D eigenvalue weighted by molar-refractivity contribution is -0.137. The number of hydrogen-bond donors (Lipinski definition) is 1. The van der Waals surface area contributed by atoms with Gasteiger partial charge in [-0.1, -0.05) is 24.3 Å². The third-order valence-electron chi connectivity index (χ3n) is 3.83.